The minimum Gasteiger partial charge on any atom is -0.375 e. The van der Waals surface area contributed by atoms with Crippen molar-refractivity contribution in [1.29, 1.82) is 5.26 Å². The van der Waals surface area contributed by atoms with E-state index in [1.165, 1.54) is 0 Å². The first-order valence-electron chi connectivity index (χ1n) is 11.6. The van der Waals surface area contributed by atoms with Crippen LogP contribution >= 0.6 is 23.2 Å². The molecule has 1 N–H and O–H groups in total. The zero-order chi connectivity index (χ0) is 24.9. The molecule has 180 valence electrons. The Hall–Kier alpha value is -2.88. The summed E-state index contributed by atoms with van der Waals surface area (Å²) in [5.74, 6) is -0.187. The van der Waals surface area contributed by atoms with E-state index in [4.69, 9.17) is 33.2 Å². The molecule has 35 heavy (non-hydrogen) atoms. The molecule has 5 nitrogen and oxygen atoms in total. The van der Waals surface area contributed by atoms with Crippen LogP contribution in [0, 0.1) is 11.3 Å². The number of amides is 1. The fraction of sp³-hybridized carbons (Fsp3) is 0.286. The van der Waals surface area contributed by atoms with Gasteiger partial charge < -0.3 is 10.1 Å². The molecule has 0 saturated carbocycles. The van der Waals surface area contributed by atoms with Gasteiger partial charge >= 0.3 is 0 Å². The predicted octanol–water partition coefficient (Wildman–Crippen LogP) is 5.86. The van der Waals surface area contributed by atoms with E-state index in [1.54, 1.807) is 24.3 Å². The summed E-state index contributed by atoms with van der Waals surface area (Å²) in [5, 5.41) is 13.6. The average Bonchev–Trinajstić information content (AvgIpc) is 3.16. The van der Waals surface area contributed by atoms with Crippen LogP contribution in [-0.4, -0.2) is 42.1 Å². The summed E-state index contributed by atoms with van der Waals surface area (Å²) in [4.78, 5) is 15.4. The van der Waals surface area contributed by atoms with Crippen LogP contribution in [-0.2, 0) is 4.74 Å². The number of hydrogen-bond acceptors (Lipinski definition) is 4. The topological polar surface area (TPSA) is 65.4 Å². The van der Waals surface area contributed by atoms with Crippen molar-refractivity contribution < 1.29 is 9.53 Å². The molecule has 0 aromatic heterocycles. The number of ether oxygens (including phenoxy) is 1. The number of carbonyl (C=O) groups is 1. The SMILES string of the molecule is CCO[C@@H]1C(C)N(C(c2ccc(Cl)cc2)c2ccc(Cl)cc2)C[C@H]1NC(=O)c1ccc(C#N)cc1. The average molecular weight is 508 g/mol. The molecule has 0 aliphatic carbocycles. The maximum atomic E-state index is 13.1. The van der Waals surface area contributed by atoms with Gasteiger partial charge in [-0.15, -0.1) is 0 Å². The zero-order valence-corrected chi connectivity index (χ0v) is 21.1. The molecule has 0 radical (unpaired) electrons. The van der Waals surface area contributed by atoms with Gasteiger partial charge in [-0.25, -0.2) is 0 Å². The number of rotatable bonds is 7. The molecule has 0 bridgehead atoms. The molecule has 1 saturated heterocycles. The molecule has 4 rings (SSSR count). The second-order valence-electron chi connectivity index (χ2n) is 8.63. The molecule has 3 aromatic carbocycles. The molecule has 1 aliphatic rings. The molecule has 7 heteroatoms. The summed E-state index contributed by atoms with van der Waals surface area (Å²) in [6.45, 7) is 5.24. The lowest BCUT2D eigenvalue weighted by Gasteiger charge is -2.33. The molecule has 1 aliphatic heterocycles. The van der Waals surface area contributed by atoms with E-state index in [0.717, 1.165) is 11.1 Å². The largest absolute Gasteiger partial charge is 0.375 e. The van der Waals surface area contributed by atoms with Crippen LogP contribution < -0.4 is 5.32 Å². The first-order valence-corrected chi connectivity index (χ1v) is 12.4. The third kappa shape index (κ3) is 5.69. The molecule has 3 aromatic rings. The van der Waals surface area contributed by atoms with Crippen molar-refractivity contribution in [3.63, 3.8) is 0 Å². The van der Waals surface area contributed by atoms with Crippen molar-refractivity contribution in [2.24, 2.45) is 0 Å². The molecule has 1 fully saturated rings. The summed E-state index contributed by atoms with van der Waals surface area (Å²) >= 11 is 12.4. The van der Waals surface area contributed by atoms with Crippen LogP contribution in [0.5, 0.6) is 0 Å². The number of hydrogen-bond donors (Lipinski definition) is 1. The van der Waals surface area contributed by atoms with Crippen LogP contribution in [0.2, 0.25) is 10.0 Å². The van der Waals surface area contributed by atoms with E-state index in [1.807, 2.05) is 55.5 Å². The fourth-order valence-electron chi connectivity index (χ4n) is 4.75. The summed E-state index contributed by atoms with van der Waals surface area (Å²) in [6.07, 6.45) is -0.190. The first kappa shape index (κ1) is 25.2. The number of carbonyl (C=O) groups excluding carboxylic acids is 1. The molecule has 1 heterocycles. The number of nitriles is 1. The van der Waals surface area contributed by atoms with Gasteiger partial charge in [0.25, 0.3) is 5.91 Å². The van der Waals surface area contributed by atoms with E-state index >= 15 is 0 Å². The van der Waals surface area contributed by atoms with Crippen LogP contribution in [0.1, 0.15) is 46.9 Å². The summed E-state index contributed by atoms with van der Waals surface area (Å²) in [5.41, 5.74) is 3.22. The third-order valence-corrected chi connectivity index (χ3v) is 6.96. The number of halogens is 2. The normalized spacial score (nSPS) is 20.1. The minimum atomic E-state index is -0.213. The Morgan fingerprint density at radius 2 is 1.57 bits per heavy atom. The lowest BCUT2D eigenvalue weighted by atomic mass is 9.96. The number of benzene rings is 3. The Morgan fingerprint density at radius 1 is 1.03 bits per heavy atom. The molecular formula is C28H27Cl2N3O2. The first-order chi connectivity index (χ1) is 16.9. The highest BCUT2D eigenvalue weighted by molar-refractivity contribution is 6.30. The van der Waals surface area contributed by atoms with E-state index in [0.29, 0.717) is 34.3 Å². The Kier molecular flexibility index (Phi) is 8.10. The van der Waals surface area contributed by atoms with E-state index < -0.39 is 0 Å². The summed E-state index contributed by atoms with van der Waals surface area (Å²) in [7, 11) is 0. The van der Waals surface area contributed by atoms with Crippen molar-refractivity contribution >= 4 is 29.1 Å². The monoisotopic (exact) mass is 507 g/mol. The Morgan fingerprint density at radius 3 is 2.06 bits per heavy atom. The van der Waals surface area contributed by atoms with Crippen LogP contribution in [0.15, 0.2) is 72.8 Å². The molecule has 3 atom stereocenters. The highest BCUT2D eigenvalue weighted by Gasteiger charge is 2.44. The molecule has 0 spiro atoms. The molecule has 1 amide bonds. The Balaban J connectivity index is 1.64. The van der Waals surface area contributed by atoms with Crippen molar-refractivity contribution in [2.45, 2.75) is 38.1 Å². The molecular weight excluding hydrogens is 481 g/mol. The van der Waals surface area contributed by atoms with E-state index in [2.05, 4.69) is 23.2 Å². The Bertz CT molecular complexity index is 1150. The van der Waals surface area contributed by atoms with Gasteiger partial charge in [0.1, 0.15) is 0 Å². The lowest BCUT2D eigenvalue weighted by Crippen LogP contribution is -2.45. The van der Waals surface area contributed by atoms with Crippen LogP contribution in [0.3, 0.4) is 0 Å². The van der Waals surface area contributed by atoms with Gasteiger partial charge in [0, 0.05) is 34.8 Å². The minimum absolute atomic E-state index is 0.0255. The van der Waals surface area contributed by atoms with Crippen molar-refractivity contribution in [1.82, 2.24) is 10.2 Å². The third-order valence-electron chi connectivity index (χ3n) is 6.46. The second kappa shape index (κ2) is 11.2. The van der Waals surface area contributed by atoms with Gasteiger partial charge in [0.2, 0.25) is 0 Å². The van der Waals surface area contributed by atoms with Crippen molar-refractivity contribution in [2.75, 3.05) is 13.2 Å². The van der Waals surface area contributed by atoms with Gasteiger partial charge in [-0.3, -0.25) is 9.69 Å². The number of nitrogens with one attached hydrogen (secondary N) is 1. The number of nitrogens with zero attached hydrogens (tertiary/aromatic N) is 2. The van der Waals surface area contributed by atoms with Gasteiger partial charge in [-0.05, 0) is 73.5 Å². The van der Waals surface area contributed by atoms with Gasteiger partial charge in [-0.1, -0.05) is 47.5 Å². The molecule has 1 unspecified atom stereocenters. The Labute approximate surface area is 216 Å². The summed E-state index contributed by atoms with van der Waals surface area (Å²) < 4.78 is 6.15. The predicted molar refractivity (Wildman–Crippen MR) is 139 cm³/mol. The van der Waals surface area contributed by atoms with Crippen molar-refractivity contribution in [3.8, 4) is 6.07 Å². The van der Waals surface area contributed by atoms with Crippen molar-refractivity contribution in [3.05, 3.63) is 105 Å². The highest BCUT2D eigenvalue weighted by Crippen LogP contribution is 2.37. The van der Waals surface area contributed by atoms with Gasteiger partial charge in [-0.2, -0.15) is 5.26 Å². The maximum absolute atomic E-state index is 13.1. The standard InChI is InChI=1S/C28H27Cl2N3O2/c1-3-35-27-18(2)33(17-25(27)32-28(34)22-6-4-19(16-31)5-7-22)26(20-8-12-23(29)13-9-20)21-10-14-24(30)15-11-21/h4-15,18,25-27H,3,17H2,1-2H3,(H,32,34)/t18?,25-,27-/m1/s1. The van der Waals surface area contributed by atoms with Gasteiger partial charge in [0.05, 0.1) is 29.8 Å². The van der Waals surface area contributed by atoms with E-state index in [9.17, 15) is 4.79 Å². The quantitative estimate of drug-likeness (QED) is 0.434. The maximum Gasteiger partial charge on any atom is 0.251 e. The smallest absolute Gasteiger partial charge is 0.251 e. The van der Waals surface area contributed by atoms with E-state index in [-0.39, 0.29) is 30.1 Å². The lowest BCUT2D eigenvalue weighted by molar-refractivity contribution is 0.0236. The summed E-state index contributed by atoms with van der Waals surface area (Å²) in [6, 6.07) is 24.2. The second-order valence-corrected chi connectivity index (χ2v) is 9.50. The van der Waals surface area contributed by atoms with Crippen LogP contribution in [0.25, 0.3) is 0 Å². The number of likely N-dealkylation sites (tertiary alicyclic amines) is 1. The van der Waals surface area contributed by atoms with Crippen LogP contribution in [0.4, 0.5) is 0 Å². The van der Waals surface area contributed by atoms with Gasteiger partial charge in [0.15, 0.2) is 0 Å². The highest BCUT2D eigenvalue weighted by atomic mass is 35.5. The fourth-order valence-corrected chi connectivity index (χ4v) is 5.00. The zero-order valence-electron chi connectivity index (χ0n) is 19.6.